The van der Waals surface area contributed by atoms with Gasteiger partial charge in [0.1, 0.15) is 11.8 Å². The molecule has 7 heteroatoms. The maximum atomic E-state index is 9.03. The van der Waals surface area contributed by atoms with Crippen LogP contribution in [0.5, 0.6) is 0 Å². The largest absolute Gasteiger partial charge is 0.359 e. The molecule has 22 heavy (non-hydrogen) atoms. The minimum Gasteiger partial charge on any atom is -0.359 e. The van der Waals surface area contributed by atoms with Gasteiger partial charge in [0, 0.05) is 12.4 Å². The van der Waals surface area contributed by atoms with Crippen LogP contribution in [0.2, 0.25) is 0 Å². The Hall–Kier alpha value is -3.27. The van der Waals surface area contributed by atoms with Gasteiger partial charge in [-0.1, -0.05) is 23.4 Å². The van der Waals surface area contributed by atoms with Crippen molar-refractivity contribution in [1.82, 2.24) is 25.0 Å². The number of nitrogens with one attached hydrogen (secondary N) is 1. The van der Waals surface area contributed by atoms with Crippen molar-refractivity contribution in [3.8, 4) is 11.8 Å². The Kier molecular flexibility index (Phi) is 3.74. The van der Waals surface area contributed by atoms with E-state index in [1.807, 2.05) is 49.5 Å². The second kappa shape index (κ2) is 6.01. The molecule has 1 atom stereocenters. The highest BCUT2D eigenvalue weighted by atomic mass is 15.4. The van der Waals surface area contributed by atoms with Gasteiger partial charge in [-0.2, -0.15) is 5.26 Å². The van der Waals surface area contributed by atoms with Gasteiger partial charge < -0.3 is 5.32 Å². The lowest BCUT2D eigenvalue weighted by Crippen LogP contribution is -2.10. The monoisotopic (exact) mass is 291 g/mol. The van der Waals surface area contributed by atoms with Crippen molar-refractivity contribution in [2.24, 2.45) is 0 Å². The molecule has 1 unspecified atom stereocenters. The Bertz CT molecular complexity index is 804. The summed E-state index contributed by atoms with van der Waals surface area (Å²) in [4.78, 5) is 8.10. The number of para-hydroxylation sites is 1. The molecule has 1 aromatic carbocycles. The van der Waals surface area contributed by atoms with Gasteiger partial charge in [-0.15, -0.1) is 5.10 Å². The first-order valence-corrected chi connectivity index (χ1v) is 6.73. The minimum absolute atomic E-state index is 0.152. The maximum absolute atomic E-state index is 9.03. The third kappa shape index (κ3) is 2.76. The Morgan fingerprint density at radius 3 is 2.73 bits per heavy atom. The number of anilines is 1. The molecule has 0 aliphatic rings. The van der Waals surface area contributed by atoms with Crippen LogP contribution in [0.25, 0.3) is 5.69 Å². The fourth-order valence-corrected chi connectivity index (χ4v) is 1.99. The van der Waals surface area contributed by atoms with Gasteiger partial charge in [0.05, 0.1) is 17.9 Å². The average molecular weight is 291 g/mol. The maximum Gasteiger partial charge on any atom is 0.182 e. The Labute approximate surface area is 127 Å². The fourth-order valence-electron chi connectivity index (χ4n) is 1.99. The Morgan fingerprint density at radius 2 is 1.95 bits per heavy atom. The minimum atomic E-state index is -0.152. The second-order valence-corrected chi connectivity index (χ2v) is 4.65. The molecule has 0 aliphatic carbocycles. The molecule has 7 nitrogen and oxygen atoms in total. The number of benzene rings is 1. The van der Waals surface area contributed by atoms with Gasteiger partial charge in [0.25, 0.3) is 0 Å². The highest BCUT2D eigenvalue weighted by molar-refractivity contribution is 5.47. The van der Waals surface area contributed by atoms with Crippen LogP contribution in [0.15, 0.2) is 48.9 Å². The first-order valence-electron chi connectivity index (χ1n) is 6.73. The van der Waals surface area contributed by atoms with Gasteiger partial charge >= 0.3 is 0 Å². The van der Waals surface area contributed by atoms with E-state index in [4.69, 9.17) is 5.26 Å². The van der Waals surface area contributed by atoms with Gasteiger partial charge in [0.15, 0.2) is 11.5 Å². The molecular weight excluding hydrogens is 278 g/mol. The summed E-state index contributed by atoms with van der Waals surface area (Å²) < 4.78 is 1.70. The molecule has 0 radical (unpaired) electrons. The second-order valence-electron chi connectivity index (χ2n) is 4.65. The highest BCUT2D eigenvalue weighted by Gasteiger charge is 2.13. The molecule has 0 amide bonds. The van der Waals surface area contributed by atoms with E-state index >= 15 is 0 Å². The van der Waals surface area contributed by atoms with Crippen LogP contribution >= 0.6 is 0 Å². The molecule has 2 aromatic heterocycles. The van der Waals surface area contributed by atoms with Crippen LogP contribution in [0.4, 0.5) is 5.82 Å². The summed E-state index contributed by atoms with van der Waals surface area (Å²) in [5.41, 5.74) is 1.94. The van der Waals surface area contributed by atoms with E-state index in [1.165, 1.54) is 12.4 Å². The van der Waals surface area contributed by atoms with Crippen LogP contribution in [0.1, 0.15) is 24.4 Å². The Balaban J connectivity index is 1.80. The fraction of sp³-hybridized carbons (Fsp3) is 0.133. The summed E-state index contributed by atoms with van der Waals surface area (Å²) in [6, 6.07) is 11.6. The van der Waals surface area contributed by atoms with Crippen molar-refractivity contribution in [2.45, 2.75) is 13.0 Å². The van der Waals surface area contributed by atoms with E-state index in [9.17, 15) is 0 Å². The number of nitrogens with zero attached hydrogens (tertiary/aromatic N) is 6. The summed E-state index contributed by atoms with van der Waals surface area (Å²) in [7, 11) is 0. The van der Waals surface area contributed by atoms with Gasteiger partial charge in [-0.3, -0.25) is 0 Å². The van der Waals surface area contributed by atoms with Gasteiger partial charge in [0.2, 0.25) is 0 Å². The smallest absolute Gasteiger partial charge is 0.182 e. The molecule has 0 aliphatic heterocycles. The normalized spacial score (nSPS) is 11.6. The number of hydrogen-bond acceptors (Lipinski definition) is 6. The van der Waals surface area contributed by atoms with Gasteiger partial charge in [-0.25, -0.2) is 14.6 Å². The van der Waals surface area contributed by atoms with E-state index < -0.39 is 0 Å². The third-order valence-corrected chi connectivity index (χ3v) is 3.13. The molecule has 0 saturated carbocycles. The van der Waals surface area contributed by atoms with Crippen molar-refractivity contribution >= 4 is 5.82 Å². The first kappa shape index (κ1) is 13.7. The van der Waals surface area contributed by atoms with E-state index in [1.54, 1.807) is 4.68 Å². The molecule has 0 saturated heterocycles. The van der Waals surface area contributed by atoms with E-state index in [0.29, 0.717) is 5.82 Å². The number of aromatic nitrogens is 5. The average Bonchev–Trinajstić information content (AvgIpc) is 3.06. The summed E-state index contributed by atoms with van der Waals surface area (Å²) in [6.45, 7) is 1.93. The lowest BCUT2D eigenvalue weighted by atomic mass is 10.2. The van der Waals surface area contributed by atoms with Crippen LogP contribution in [-0.4, -0.2) is 25.0 Å². The van der Waals surface area contributed by atoms with Crippen molar-refractivity contribution in [2.75, 3.05) is 5.32 Å². The SMILES string of the molecule is CC(Nc1nccnc1C#N)c1cn(-c2ccccc2)nn1. The van der Waals surface area contributed by atoms with Crippen LogP contribution < -0.4 is 5.32 Å². The third-order valence-electron chi connectivity index (χ3n) is 3.13. The molecule has 2 heterocycles. The summed E-state index contributed by atoms with van der Waals surface area (Å²) in [5, 5.41) is 20.4. The molecule has 0 bridgehead atoms. The van der Waals surface area contributed by atoms with Gasteiger partial charge in [-0.05, 0) is 19.1 Å². The van der Waals surface area contributed by atoms with Crippen molar-refractivity contribution in [3.63, 3.8) is 0 Å². The molecule has 3 rings (SSSR count). The lowest BCUT2D eigenvalue weighted by Gasteiger charge is -2.11. The van der Waals surface area contributed by atoms with Crippen molar-refractivity contribution < 1.29 is 0 Å². The summed E-state index contributed by atoms with van der Waals surface area (Å²) in [5.74, 6) is 0.437. The topological polar surface area (TPSA) is 92.3 Å². The number of rotatable bonds is 4. The quantitative estimate of drug-likeness (QED) is 0.791. The summed E-state index contributed by atoms with van der Waals surface area (Å²) >= 11 is 0. The highest BCUT2D eigenvalue weighted by Crippen LogP contribution is 2.18. The molecule has 0 fully saturated rings. The standard InChI is InChI=1S/C15H13N7/c1-11(19-15-13(9-16)17-7-8-18-15)14-10-22(21-20-14)12-5-3-2-4-6-12/h2-8,10-11H,1H3,(H,18,19). The lowest BCUT2D eigenvalue weighted by molar-refractivity contribution is 0.779. The molecule has 0 spiro atoms. The predicted octanol–water partition coefficient (Wildman–Crippen LogP) is 2.10. The van der Waals surface area contributed by atoms with Crippen LogP contribution in [-0.2, 0) is 0 Å². The van der Waals surface area contributed by atoms with E-state index in [-0.39, 0.29) is 11.7 Å². The zero-order valence-corrected chi connectivity index (χ0v) is 11.9. The zero-order valence-electron chi connectivity index (χ0n) is 11.9. The Morgan fingerprint density at radius 1 is 1.18 bits per heavy atom. The van der Waals surface area contributed by atoms with Crippen LogP contribution in [0, 0.1) is 11.3 Å². The zero-order chi connectivity index (χ0) is 15.4. The molecular formula is C15H13N7. The van der Waals surface area contributed by atoms with Crippen molar-refractivity contribution in [3.05, 3.63) is 60.3 Å². The summed E-state index contributed by atoms with van der Waals surface area (Å²) in [6.07, 6.45) is 4.87. The first-order chi connectivity index (χ1) is 10.8. The molecule has 108 valence electrons. The molecule has 1 N–H and O–H groups in total. The number of hydrogen-bond donors (Lipinski definition) is 1. The van der Waals surface area contributed by atoms with E-state index in [2.05, 4.69) is 25.6 Å². The number of nitriles is 1. The molecule has 3 aromatic rings. The predicted molar refractivity (Wildman–Crippen MR) is 80.1 cm³/mol. The van der Waals surface area contributed by atoms with Crippen molar-refractivity contribution in [1.29, 1.82) is 5.26 Å². The van der Waals surface area contributed by atoms with E-state index in [0.717, 1.165) is 11.4 Å². The van der Waals surface area contributed by atoms with Crippen LogP contribution in [0.3, 0.4) is 0 Å².